The van der Waals surface area contributed by atoms with Crippen LogP contribution in [-0.4, -0.2) is 35.6 Å². The first-order valence-electron chi connectivity index (χ1n) is 9.13. The molecular weight excluding hydrogens is 374 g/mol. The van der Waals surface area contributed by atoms with Crippen LogP contribution < -0.4 is 9.64 Å². The largest absolute Gasteiger partial charge is 0.497 e. The van der Waals surface area contributed by atoms with E-state index >= 15 is 0 Å². The van der Waals surface area contributed by atoms with E-state index in [1.165, 1.54) is 19.2 Å². The van der Waals surface area contributed by atoms with Crippen LogP contribution in [0.5, 0.6) is 5.75 Å². The van der Waals surface area contributed by atoms with E-state index in [4.69, 9.17) is 9.47 Å². The van der Waals surface area contributed by atoms with Crippen LogP contribution in [0.25, 0.3) is 0 Å². The Hall–Kier alpha value is -3.19. The molecule has 0 spiro atoms. The first-order chi connectivity index (χ1) is 13.6. The van der Waals surface area contributed by atoms with Crippen LogP contribution in [0.4, 0.5) is 10.5 Å². The van der Waals surface area contributed by atoms with Crippen molar-refractivity contribution in [3.8, 4) is 5.75 Å². The summed E-state index contributed by atoms with van der Waals surface area (Å²) in [5, 5.41) is 11.3. The molecule has 7 heteroatoms. The molecule has 0 radical (unpaired) electrons. The van der Waals surface area contributed by atoms with Crippen molar-refractivity contribution in [2.75, 3.05) is 12.0 Å². The Morgan fingerprint density at radius 1 is 1.10 bits per heavy atom. The Morgan fingerprint density at radius 2 is 1.76 bits per heavy atom. The van der Waals surface area contributed by atoms with Crippen LogP contribution in [0, 0.1) is 0 Å². The van der Waals surface area contributed by atoms with E-state index in [1.54, 1.807) is 57.2 Å². The first-order valence-corrected chi connectivity index (χ1v) is 9.13. The summed E-state index contributed by atoms with van der Waals surface area (Å²) in [6.45, 7) is 5.02. The average molecular weight is 397 g/mol. The molecule has 0 saturated carbocycles. The van der Waals surface area contributed by atoms with Gasteiger partial charge in [-0.3, -0.25) is 9.59 Å². The number of benzene rings is 2. The van der Waals surface area contributed by atoms with Gasteiger partial charge in [0, 0.05) is 11.1 Å². The van der Waals surface area contributed by atoms with Crippen LogP contribution in [0.3, 0.4) is 0 Å². The van der Waals surface area contributed by atoms with Gasteiger partial charge in [0.25, 0.3) is 5.91 Å². The second-order valence-electron chi connectivity index (χ2n) is 7.83. The first kappa shape index (κ1) is 20.5. The van der Waals surface area contributed by atoms with Crippen LogP contribution in [-0.2, 0) is 15.1 Å². The van der Waals surface area contributed by atoms with Gasteiger partial charge in [0.2, 0.25) is 0 Å². The molecule has 0 unspecified atom stereocenters. The summed E-state index contributed by atoms with van der Waals surface area (Å²) >= 11 is 0. The average Bonchev–Trinajstić information content (AvgIpc) is 2.88. The number of methoxy groups -OCH3 is 1. The summed E-state index contributed by atoms with van der Waals surface area (Å²) in [4.78, 5) is 39.4. The topological polar surface area (TPSA) is 93.1 Å². The van der Waals surface area contributed by atoms with E-state index in [9.17, 15) is 19.5 Å². The molecule has 0 aliphatic carbocycles. The van der Waals surface area contributed by atoms with Gasteiger partial charge < -0.3 is 14.6 Å². The second kappa shape index (κ2) is 7.33. The number of hydrogen-bond donors (Lipinski definition) is 1. The third-order valence-electron chi connectivity index (χ3n) is 4.54. The van der Waals surface area contributed by atoms with Crippen molar-refractivity contribution in [2.24, 2.45) is 0 Å². The van der Waals surface area contributed by atoms with E-state index in [-0.39, 0.29) is 11.3 Å². The summed E-state index contributed by atoms with van der Waals surface area (Å²) in [6, 6.07) is 12.9. The molecule has 0 saturated heterocycles. The van der Waals surface area contributed by atoms with E-state index < -0.39 is 35.4 Å². The predicted octanol–water partition coefficient (Wildman–Crippen LogP) is 3.44. The van der Waals surface area contributed by atoms with E-state index in [1.807, 2.05) is 0 Å². The van der Waals surface area contributed by atoms with E-state index in [0.717, 1.165) is 4.90 Å². The molecule has 1 aliphatic heterocycles. The lowest BCUT2D eigenvalue weighted by atomic mass is 9.88. The number of amides is 2. The number of nitrogens with zero attached hydrogens (tertiary/aromatic N) is 1. The number of carbonyl (C=O) groups excluding carboxylic acids is 3. The lowest BCUT2D eigenvalue weighted by molar-refractivity contribution is -0.135. The number of hydrogen-bond acceptors (Lipinski definition) is 6. The zero-order chi connectivity index (χ0) is 21.4. The van der Waals surface area contributed by atoms with Crippen LogP contribution in [0.2, 0.25) is 0 Å². The summed E-state index contributed by atoms with van der Waals surface area (Å²) < 4.78 is 10.5. The number of imide groups is 1. The molecule has 0 fully saturated rings. The van der Waals surface area contributed by atoms with Crippen molar-refractivity contribution in [1.29, 1.82) is 0 Å². The molecule has 29 heavy (non-hydrogen) atoms. The minimum atomic E-state index is -2.21. The predicted molar refractivity (Wildman–Crippen MR) is 106 cm³/mol. The third kappa shape index (κ3) is 3.86. The van der Waals surface area contributed by atoms with Crippen molar-refractivity contribution in [1.82, 2.24) is 0 Å². The fraction of sp³-hybridized carbons (Fsp3) is 0.318. The minimum Gasteiger partial charge on any atom is -0.497 e. The van der Waals surface area contributed by atoms with Crippen molar-refractivity contribution >= 4 is 23.5 Å². The van der Waals surface area contributed by atoms with Crippen LogP contribution >= 0.6 is 0 Å². The summed E-state index contributed by atoms with van der Waals surface area (Å²) in [7, 11) is 1.44. The third-order valence-corrected chi connectivity index (χ3v) is 4.54. The number of fused-ring (bicyclic) bond motifs is 1. The van der Waals surface area contributed by atoms with Crippen LogP contribution in [0.1, 0.15) is 43.1 Å². The normalized spacial score (nSPS) is 18.4. The molecular formula is C22H23NO6. The van der Waals surface area contributed by atoms with E-state index in [0.29, 0.717) is 11.3 Å². The molecule has 2 aromatic rings. The smallest absolute Gasteiger partial charge is 0.421 e. The second-order valence-corrected chi connectivity index (χ2v) is 7.83. The highest BCUT2D eigenvalue weighted by atomic mass is 16.6. The molecule has 2 amide bonds. The number of ether oxygens (including phenoxy) is 2. The Labute approximate surface area is 168 Å². The molecule has 3 rings (SSSR count). The minimum absolute atomic E-state index is 0.122. The number of rotatable bonds is 4. The van der Waals surface area contributed by atoms with Gasteiger partial charge in [-0.15, -0.1) is 0 Å². The standard InChI is InChI=1S/C22H23NO6/c1-21(2,3)29-20(26)23-17-11-10-15(28-4)12-16(17)22(27,19(23)25)13-18(24)14-8-6-5-7-9-14/h5-12,27H,13H2,1-4H3/t22-/m1/s1. The molecule has 0 aromatic heterocycles. The van der Waals surface area contributed by atoms with Gasteiger partial charge in [-0.05, 0) is 39.0 Å². The maximum atomic E-state index is 13.2. The summed E-state index contributed by atoms with van der Waals surface area (Å²) in [6.07, 6.45) is -1.44. The lowest BCUT2D eigenvalue weighted by Crippen LogP contribution is -2.46. The summed E-state index contributed by atoms with van der Waals surface area (Å²) in [5.74, 6) is -0.978. The Morgan fingerprint density at radius 3 is 2.34 bits per heavy atom. The maximum absolute atomic E-state index is 13.2. The fourth-order valence-corrected chi connectivity index (χ4v) is 3.20. The quantitative estimate of drug-likeness (QED) is 0.795. The number of aliphatic hydroxyl groups is 1. The van der Waals surface area contributed by atoms with Gasteiger partial charge in [-0.2, -0.15) is 0 Å². The molecule has 0 bridgehead atoms. The van der Waals surface area contributed by atoms with Crippen molar-refractivity contribution in [3.05, 3.63) is 59.7 Å². The monoisotopic (exact) mass is 397 g/mol. The fourth-order valence-electron chi connectivity index (χ4n) is 3.20. The van der Waals surface area contributed by atoms with Crippen molar-refractivity contribution < 1.29 is 29.0 Å². The highest BCUT2D eigenvalue weighted by Gasteiger charge is 2.54. The maximum Gasteiger partial charge on any atom is 0.421 e. The van der Waals surface area contributed by atoms with Gasteiger partial charge in [-0.25, -0.2) is 9.69 Å². The Bertz CT molecular complexity index is 963. The van der Waals surface area contributed by atoms with Gasteiger partial charge in [-0.1, -0.05) is 30.3 Å². The van der Waals surface area contributed by atoms with Crippen LogP contribution in [0.15, 0.2) is 48.5 Å². The highest BCUT2D eigenvalue weighted by molar-refractivity contribution is 6.21. The Balaban J connectivity index is 2.04. The van der Waals surface area contributed by atoms with Gasteiger partial charge in [0.15, 0.2) is 11.4 Å². The SMILES string of the molecule is COc1ccc2c(c1)[C@](O)(CC(=O)c1ccccc1)C(=O)N2C(=O)OC(C)(C)C. The Kier molecular flexibility index (Phi) is 5.19. The zero-order valence-electron chi connectivity index (χ0n) is 16.8. The number of ketones is 1. The van der Waals surface area contributed by atoms with Gasteiger partial charge >= 0.3 is 6.09 Å². The molecule has 1 heterocycles. The highest BCUT2D eigenvalue weighted by Crippen LogP contribution is 2.45. The van der Waals surface area contributed by atoms with Crippen molar-refractivity contribution in [2.45, 2.75) is 38.4 Å². The summed E-state index contributed by atoms with van der Waals surface area (Å²) in [5.41, 5.74) is -2.42. The molecule has 152 valence electrons. The molecule has 2 aromatic carbocycles. The van der Waals surface area contributed by atoms with Gasteiger partial charge in [0.05, 0.1) is 19.2 Å². The van der Waals surface area contributed by atoms with E-state index in [2.05, 4.69) is 0 Å². The number of carbonyl (C=O) groups is 3. The molecule has 1 N–H and O–H groups in total. The zero-order valence-corrected chi connectivity index (χ0v) is 16.8. The van der Waals surface area contributed by atoms with Gasteiger partial charge in [0.1, 0.15) is 11.4 Å². The molecule has 1 atom stereocenters. The number of Topliss-reactive ketones (excluding diaryl/α,β-unsaturated/α-hetero) is 1. The van der Waals surface area contributed by atoms with Crippen molar-refractivity contribution in [3.63, 3.8) is 0 Å². The number of anilines is 1. The lowest BCUT2D eigenvalue weighted by Gasteiger charge is -2.25. The molecule has 1 aliphatic rings. The molecule has 7 nitrogen and oxygen atoms in total.